The van der Waals surface area contributed by atoms with Crippen molar-refractivity contribution in [3.63, 3.8) is 0 Å². The maximum Gasteiger partial charge on any atom is 0.416 e. The van der Waals surface area contributed by atoms with Crippen LogP contribution in [0.15, 0.2) is 18.2 Å². The Kier molecular flexibility index (Phi) is 5.38. The highest BCUT2D eigenvalue weighted by atomic mass is 35.5. The molecule has 1 aliphatic rings. The van der Waals surface area contributed by atoms with Gasteiger partial charge in [-0.1, -0.05) is 6.07 Å². The fourth-order valence-electron chi connectivity index (χ4n) is 2.74. The van der Waals surface area contributed by atoms with E-state index >= 15 is 0 Å². The summed E-state index contributed by atoms with van der Waals surface area (Å²) in [5.74, 6) is 0.362. The second-order valence-electron chi connectivity index (χ2n) is 5.36. The van der Waals surface area contributed by atoms with Gasteiger partial charge in [0.15, 0.2) is 0 Å². The Morgan fingerprint density at radius 3 is 2.48 bits per heavy atom. The van der Waals surface area contributed by atoms with Crippen LogP contribution in [0.3, 0.4) is 0 Å². The minimum Gasteiger partial charge on any atom is -0.384 e. The SMILES string of the molecule is COCC1CCN(c2ccc(CCl)c(C(F)(F)F)c2)CC1. The maximum absolute atomic E-state index is 13.1. The molecule has 0 aromatic heterocycles. The van der Waals surface area contributed by atoms with Crippen molar-refractivity contribution in [3.8, 4) is 0 Å². The normalized spacial score (nSPS) is 17.3. The number of hydrogen-bond acceptors (Lipinski definition) is 2. The number of alkyl halides is 4. The number of rotatable bonds is 4. The molecular formula is C15H19ClF3NO. The molecule has 1 saturated heterocycles. The summed E-state index contributed by atoms with van der Waals surface area (Å²) in [7, 11) is 1.67. The van der Waals surface area contributed by atoms with Crippen LogP contribution < -0.4 is 4.90 Å². The summed E-state index contributed by atoms with van der Waals surface area (Å²) >= 11 is 5.60. The van der Waals surface area contributed by atoms with Gasteiger partial charge in [0.25, 0.3) is 0 Å². The van der Waals surface area contributed by atoms with Gasteiger partial charge in [-0.2, -0.15) is 13.2 Å². The topological polar surface area (TPSA) is 12.5 Å². The molecule has 2 rings (SSSR count). The quantitative estimate of drug-likeness (QED) is 0.766. The molecule has 0 saturated carbocycles. The van der Waals surface area contributed by atoms with Crippen LogP contribution in [0, 0.1) is 5.92 Å². The molecule has 0 unspecified atom stereocenters. The van der Waals surface area contributed by atoms with Crippen LogP contribution in [-0.4, -0.2) is 26.8 Å². The Balaban J connectivity index is 2.15. The van der Waals surface area contributed by atoms with Crippen LogP contribution >= 0.6 is 11.6 Å². The maximum atomic E-state index is 13.1. The third kappa shape index (κ3) is 4.04. The summed E-state index contributed by atoms with van der Waals surface area (Å²) in [6, 6.07) is 4.42. The molecule has 21 heavy (non-hydrogen) atoms. The Hall–Kier alpha value is -0.940. The molecule has 2 nitrogen and oxygen atoms in total. The van der Waals surface area contributed by atoms with Crippen molar-refractivity contribution >= 4 is 17.3 Å². The van der Waals surface area contributed by atoms with E-state index in [1.807, 2.05) is 4.90 Å². The minimum atomic E-state index is -4.37. The molecule has 6 heteroatoms. The van der Waals surface area contributed by atoms with Crippen LogP contribution in [0.25, 0.3) is 0 Å². The number of anilines is 1. The summed E-state index contributed by atoms with van der Waals surface area (Å²) < 4.78 is 44.3. The molecule has 118 valence electrons. The molecule has 0 amide bonds. The number of hydrogen-bond donors (Lipinski definition) is 0. The second-order valence-corrected chi connectivity index (χ2v) is 5.63. The number of halogens is 4. The summed E-state index contributed by atoms with van der Waals surface area (Å²) in [5, 5.41) is 0. The highest BCUT2D eigenvalue weighted by molar-refractivity contribution is 6.17. The van der Waals surface area contributed by atoms with Crippen LogP contribution in [0.4, 0.5) is 18.9 Å². The van der Waals surface area contributed by atoms with Crippen molar-refractivity contribution in [3.05, 3.63) is 29.3 Å². The number of methoxy groups -OCH3 is 1. The third-order valence-corrected chi connectivity index (χ3v) is 4.21. The van der Waals surface area contributed by atoms with Gasteiger partial charge in [0.1, 0.15) is 0 Å². The molecule has 0 bridgehead atoms. The predicted octanol–water partition coefficient (Wildman–Crippen LogP) is 4.31. The fourth-order valence-corrected chi connectivity index (χ4v) is 2.97. The summed E-state index contributed by atoms with van der Waals surface area (Å²) in [6.07, 6.45) is -2.49. The van der Waals surface area contributed by atoms with Crippen molar-refractivity contribution in [2.24, 2.45) is 5.92 Å². The van der Waals surface area contributed by atoms with Gasteiger partial charge in [-0.05, 0) is 36.5 Å². The van der Waals surface area contributed by atoms with Crippen LogP contribution in [-0.2, 0) is 16.8 Å². The predicted molar refractivity (Wildman–Crippen MR) is 77.8 cm³/mol. The smallest absolute Gasteiger partial charge is 0.384 e. The van der Waals surface area contributed by atoms with E-state index < -0.39 is 11.7 Å². The van der Waals surface area contributed by atoms with Gasteiger partial charge in [-0.15, -0.1) is 11.6 Å². The number of piperidine rings is 1. The Labute approximate surface area is 127 Å². The minimum absolute atomic E-state index is 0.127. The van der Waals surface area contributed by atoms with Gasteiger partial charge in [-0.3, -0.25) is 0 Å². The van der Waals surface area contributed by atoms with Gasteiger partial charge in [0, 0.05) is 38.4 Å². The summed E-state index contributed by atoms with van der Waals surface area (Å²) in [5.41, 5.74) is 0.114. The molecule has 1 aliphatic heterocycles. The van der Waals surface area contributed by atoms with E-state index in [9.17, 15) is 13.2 Å². The molecule has 1 fully saturated rings. The lowest BCUT2D eigenvalue weighted by Crippen LogP contribution is -2.35. The lowest BCUT2D eigenvalue weighted by molar-refractivity contribution is -0.138. The Morgan fingerprint density at radius 2 is 1.95 bits per heavy atom. The Bertz CT molecular complexity index is 470. The van der Waals surface area contributed by atoms with Crippen LogP contribution in [0.2, 0.25) is 0 Å². The number of benzene rings is 1. The first-order valence-corrected chi connectivity index (χ1v) is 7.49. The lowest BCUT2D eigenvalue weighted by atomic mass is 9.97. The van der Waals surface area contributed by atoms with Gasteiger partial charge in [0.2, 0.25) is 0 Å². The van der Waals surface area contributed by atoms with E-state index in [2.05, 4.69) is 0 Å². The summed E-state index contributed by atoms with van der Waals surface area (Å²) in [4.78, 5) is 2.00. The zero-order valence-electron chi connectivity index (χ0n) is 11.9. The first-order valence-electron chi connectivity index (χ1n) is 6.95. The fraction of sp³-hybridized carbons (Fsp3) is 0.600. The van der Waals surface area contributed by atoms with Crippen molar-refractivity contribution in [1.29, 1.82) is 0 Å². The van der Waals surface area contributed by atoms with E-state index in [0.717, 1.165) is 25.9 Å². The third-order valence-electron chi connectivity index (χ3n) is 3.92. The van der Waals surface area contributed by atoms with Crippen molar-refractivity contribution in [2.45, 2.75) is 24.9 Å². The van der Waals surface area contributed by atoms with Gasteiger partial charge in [0.05, 0.1) is 5.56 Å². The van der Waals surface area contributed by atoms with Crippen molar-refractivity contribution < 1.29 is 17.9 Å². The zero-order valence-corrected chi connectivity index (χ0v) is 12.7. The molecule has 0 aliphatic carbocycles. The first-order chi connectivity index (χ1) is 9.95. The van der Waals surface area contributed by atoms with E-state index in [1.165, 1.54) is 12.1 Å². The average Bonchev–Trinajstić information content (AvgIpc) is 2.47. The molecule has 1 aromatic rings. The molecule has 0 atom stereocenters. The highest BCUT2D eigenvalue weighted by Gasteiger charge is 2.34. The zero-order chi connectivity index (χ0) is 15.5. The highest BCUT2D eigenvalue weighted by Crippen LogP contribution is 2.36. The van der Waals surface area contributed by atoms with Gasteiger partial charge >= 0.3 is 6.18 Å². The molecular weight excluding hydrogens is 303 g/mol. The standard InChI is InChI=1S/C15H19ClF3NO/c1-21-10-11-4-6-20(7-5-11)13-3-2-12(9-16)14(8-13)15(17,18)19/h2-3,8,11H,4-7,9-10H2,1H3. The van der Waals surface area contributed by atoms with E-state index in [-0.39, 0.29) is 11.4 Å². The van der Waals surface area contributed by atoms with Crippen LogP contribution in [0.1, 0.15) is 24.0 Å². The monoisotopic (exact) mass is 321 g/mol. The van der Waals surface area contributed by atoms with E-state index in [0.29, 0.717) is 18.2 Å². The Morgan fingerprint density at radius 1 is 1.29 bits per heavy atom. The van der Waals surface area contributed by atoms with Crippen LogP contribution in [0.5, 0.6) is 0 Å². The average molecular weight is 322 g/mol. The summed E-state index contributed by atoms with van der Waals surface area (Å²) in [6.45, 7) is 2.23. The lowest BCUT2D eigenvalue weighted by Gasteiger charge is -2.33. The van der Waals surface area contributed by atoms with Crippen molar-refractivity contribution in [2.75, 3.05) is 31.7 Å². The number of ether oxygens (including phenoxy) is 1. The molecule has 0 N–H and O–H groups in total. The van der Waals surface area contributed by atoms with Crippen molar-refractivity contribution in [1.82, 2.24) is 0 Å². The number of nitrogens with zero attached hydrogens (tertiary/aromatic N) is 1. The largest absolute Gasteiger partial charge is 0.416 e. The second kappa shape index (κ2) is 6.88. The van der Waals surface area contributed by atoms with Gasteiger partial charge in [-0.25, -0.2) is 0 Å². The van der Waals surface area contributed by atoms with Gasteiger partial charge < -0.3 is 9.64 Å². The van der Waals surface area contributed by atoms with E-state index in [4.69, 9.17) is 16.3 Å². The molecule has 0 spiro atoms. The molecule has 1 heterocycles. The van der Waals surface area contributed by atoms with E-state index in [1.54, 1.807) is 13.2 Å². The molecule has 1 aromatic carbocycles. The first kappa shape index (κ1) is 16.4. The molecule has 0 radical (unpaired) electrons.